The third-order valence-corrected chi connectivity index (χ3v) is 3.15. The van der Waals surface area contributed by atoms with E-state index in [0.717, 1.165) is 12.1 Å². The molecule has 0 aliphatic carbocycles. The monoisotopic (exact) mass is 297 g/mol. The first kappa shape index (κ1) is 16.5. The van der Waals surface area contributed by atoms with E-state index in [0.29, 0.717) is 17.3 Å². The Balaban J connectivity index is 2.43. The van der Waals surface area contributed by atoms with Crippen LogP contribution in [0.4, 0.5) is 5.69 Å². The van der Waals surface area contributed by atoms with Crippen LogP contribution in [-0.2, 0) is 9.59 Å². The topological polar surface area (TPSA) is 61.4 Å². The Morgan fingerprint density at radius 3 is 2.60 bits per heavy atom. The number of rotatable bonds is 6. The van der Waals surface area contributed by atoms with Crippen LogP contribution in [0, 0.1) is 6.92 Å². The quantitative estimate of drug-likeness (QED) is 0.785. The van der Waals surface area contributed by atoms with Gasteiger partial charge in [0.25, 0.3) is 0 Å². The van der Waals surface area contributed by atoms with E-state index in [-0.39, 0.29) is 18.2 Å². The zero-order valence-electron chi connectivity index (χ0n) is 12.0. The number of amides is 2. The second-order valence-electron chi connectivity index (χ2n) is 4.79. The molecule has 110 valence electrons. The van der Waals surface area contributed by atoms with Crippen molar-refractivity contribution in [2.24, 2.45) is 0 Å². The van der Waals surface area contributed by atoms with E-state index in [4.69, 9.17) is 11.6 Å². The van der Waals surface area contributed by atoms with E-state index >= 15 is 0 Å². The summed E-state index contributed by atoms with van der Waals surface area (Å²) >= 11 is 5.97. The van der Waals surface area contributed by atoms with Crippen LogP contribution in [0.1, 0.15) is 12.0 Å². The smallest absolute Gasteiger partial charge is 0.233 e. The zero-order chi connectivity index (χ0) is 15.1. The third kappa shape index (κ3) is 5.59. The van der Waals surface area contributed by atoms with Crippen LogP contribution in [0.3, 0.4) is 0 Å². The van der Waals surface area contributed by atoms with Crippen LogP contribution in [0.25, 0.3) is 0 Å². The number of carbonyl (C=O) groups is 2. The first-order valence-corrected chi connectivity index (χ1v) is 6.74. The molecule has 0 fully saturated rings. The van der Waals surface area contributed by atoms with E-state index in [9.17, 15) is 9.59 Å². The molecule has 6 heteroatoms. The Morgan fingerprint density at radius 1 is 1.25 bits per heavy atom. The summed E-state index contributed by atoms with van der Waals surface area (Å²) < 4.78 is 0. The molecule has 0 radical (unpaired) electrons. The fourth-order valence-electron chi connectivity index (χ4n) is 1.56. The molecule has 0 spiro atoms. The number of anilines is 1. The summed E-state index contributed by atoms with van der Waals surface area (Å²) in [6.45, 7) is 3.07. The van der Waals surface area contributed by atoms with Crippen molar-refractivity contribution < 1.29 is 9.59 Å². The summed E-state index contributed by atoms with van der Waals surface area (Å²) in [4.78, 5) is 25.3. The van der Waals surface area contributed by atoms with Crippen molar-refractivity contribution in [1.29, 1.82) is 0 Å². The molecule has 0 bridgehead atoms. The zero-order valence-corrected chi connectivity index (χ0v) is 12.8. The molecule has 20 heavy (non-hydrogen) atoms. The number of nitrogens with zero attached hydrogens (tertiary/aromatic N) is 1. The lowest BCUT2D eigenvalue weighted by Crippen LogP contribution is -2.33. The molecular formula is C14H20ClN3O2. The highest BCUT2D eigenvalue weighted by Crippen LogP contribution is 2.22. The summed E-state index contributed by atoms with van der Waals surface area (Å²) in [5, 5.41) is 5.96. The van der Waals surface area contributed by atoms with Crippen LogP contribution in [0.2, 0.25) is 5.02 Å². The predicted molar refractivity (Wildman–Crippen MR) is 81.0 cm³/mol. The van der Waals surface area contributed by atoms with E-state index in [1.54, 1.807) is 18.2 Å². The van der Waals surface area contributed by atoms with E-state index < -0.39 is 0 Å². The Labute approximate surface area is 124 Å². The normalized spacial score (nSPS) is 10.4. The second kappa shape index (κ2) is 7.87. The lowest BCUT2D eigenvalue weighted by atomic mass is 10.2. The minimum absolute atomic E-state index is 0.195. The standard InChI is InChI=1S/C14H20ClN3O2/c1-10-11(15)5-4-6-12(10)17-14(20)9-13(19)16-7-8-18(2)3/h4-6H,7-9H2,1-3H3,(H,16,19)(H,17,20). The average molecular weight is 298 g/mol. The number of halogens is 1. The molecule has 5 nitrogen and oxygen atoms in total. The number of hydrogen-bond donors (Lipinski definition) is 2. The highest BCUT2D eigenvalue weighted by atomic mass is 35.5. The van der Waals surface area contributed by atoms with E-state index in [2.05, 4.69) is 10.6 Å². The summed E-state index contributed by atoms with van der Waals surface area (Å²) in [5.41, 5.74) is 1.42. The number of hydrogen-bond acceptors (Lipinski definition) is 3. The van der Waals surface area contributed by atoms with Gasteiger partial charge >= 0.3 is 0 Å². The Hall–Kier alpha value is -1.59. The first-order chi connectivity index (χ1) is 9.40. The molecule has 0 aromatic heterocycles. The summed E-state index contributed by atoms with van der Waals surface area (Å²) in [6.07, 6.45) is -0.195. The van der Waals surface area contributed by atoms with Crippen molar-refractivity contribution >= 4 is 29.1 Å². The van der Waals surface area contributed by atoms with Crippen LogP contribution < -0.4 is 10.6 Å². The van der Waals surface area contributed by atoms with Crippen molar-refractivity contribution in [3.05, 3.63) is 28.8 Å². The SMILES string of the molecule is Cc1c(Cl)cccc1NC(=O)CC(=O)NCCN(C)C. The van der Waals surface area contributed by atoms with Gasteiger partial charge in [0.1, 0.15) is 6.42 Å². The number of benzene rings is 1. The number of nitrogens with one attached hydrogen (secondary N) is 2. The molecule has 1 aromatic rings. The maximum absolute atomic E-state index is 11.8. The predicted octanol–water partition coefficient (Wildman–Crippen LogP) is 1.65. The second-order valence-corrected chi connectivity index (χ2v) is 5.20. The van der Waals surface area contributed by atoms with Crippen LogP contribution in [-0.4, -0.2) is 43.9 Å². The van der Waals surface area contributed by atoms with Crippen molar-refractivity contribution in [3.8, 4) is 0 Å². The molecule has 2 N–H and O–H groups in total. The number of carbonyl (C=O) groups excluding carboxylic acids is 2. The first-order valence-electron chi connectivity index (χ1n) is 6.36. The Morgan fingerprint density at radius 2 is 1.95 bits per heavy atom. The van der Waals surface area contributed by atoms with Gasteiger partial charge in [0.15, 0.2) is 0 Å². The fraction of sp³-hybridized carbons (Fsp3) is 0.429. The van der Waals surface area contributed by atoms with Crippen LogP contribution in [0.15, 0.2) is 18.2 Å². The fourth-order valence-corrected chi connectivity index (χ4v) is 1.74. The van der Waals surface area contributed by atoms with E-state index in [1.165, 1.54) is 0 Å². The molecule has 0 aliphatic heterocycles. The maximum atomic E-state index is 11.8. The van der Waals surface area contributed by atoms with Crippen LogP contribution >= 0.6 is 11.6 Å². The van der Waals surface area contributed by atoms with Gasteiger partial charge in [-0.25, -0.2) is 0 Å². The van der Waals surface area contributed by atoms with Gasteiger partial charge in [-0.05, 0) is 38.7 Å². The molecule has 0 aliphatic rings. The lowest BCUT2D eigenvalue weighted by molar-refractivity contribution is -0.126. The van der Waals surface area contributed by atoms with Gasteiger partial charge < -0.3 is 15.5 Å². The van der Waals surface area contributed by atoms with Gasteiger partial charge in [-0.15, -0.1) is 0 Å². The molecule has 1 aromatic carbocycles. The largest absolute Gasteiger partial charge is 0.354 e. The van der Waals surface area contributed by atoms with Crippen molar-refractivity contribution in [1.82, 2.24) is 10.2 Å². The van der Waals surface area contributed by atoms with Gasteiger partial charge in [0.05, 0.1) is 0 Å². The molecule has 0 saturated heterocycles. The van der Waals surface area contributed by atoms with Gasteiger partial charge in [0, 0.05) is 23.8 Å². The molecule has 2 amide bonds. The minimum Gasteiger partial charge on any atom is -0.354 e. The van der Waals surface area contributed by atoms with Crippen LogP contribution in [0.5, 0.6) is 0 Å². The minimum atomic E-state index is -0.349. The molecular weight excluding hydrogens is 278 g/mol. The molecule has 0 atom stereocenters. The molecule has 0 saturated carbocycles. The third-order valence-electron chi connectivity index (χ3n) is 2.74. The van der Waals surface area contributed by atoms with E-state index in [1.807, 2.05) is 25.9 Å². The summed E-state index contributed by atoms with van der Waals surface area (Å²) in [7, 11) is 3.83. The highest BCUT2D eigenvalue weighted by Gasteiger charge is 2.11. The summed E-state index contributed by atoms with van der Waals surface area (Å²) in [5.74, 6) is -0.637. The van der Waals surface area contributed by atoms with Gasteiger partial charge in [-0.3, -0.25) is 9.59 Å². The molecule has 0 unspecified atom stereocenters. The Bertz CT molecular complexity index is 489. The number of likely N-dealkylation sites (N-methyl/N-ethyl adjacent to an activating group) is 1. The van der Waals surface area contributed by atoms with Gasteiger partial charge in [-0.1, -0.05) is 17.7 Å². The van der Waals surface area contributed by atoms with Crippen molar-refractivity contribution in [2.75, 3.05) is 32.5 Å². The van der Waals surface area contributed by atoms with Crippen molar-refractivity contribution in [2.45, 2.75) is 13.3 Å². The van der Waals surface area contributed by atoms with Gasteiger partial charge in [-0.2, -0.15) is 0 Å². The Kier molecular flexibility index (Phi) is 6.48. The maximum Gasteiger partial charge on any atom is 0.233 e. The highest BCUT2D eigenvalue weighted by molar-refractivity contribution is 6.31. The van der Waals surface area contributed by atoms with Gasteiger partial charge in [0.2, 0.25) is 11.8 Å². The van der Waals surface area contributed by atoms with Crippen molar-refractivity contribution in [3.63, 3.8) is 0 Å². The summed E-state index contributed by atoms with van der Waals surface area (Å²) in [6, 6.07) is 5.26. The molecule has 0 heterocycles. The average Bonchev–Trinajstić information content (AvgIpc) is 2.34. The lowest BCUT2D eigenvalue weighted by Gasteiger charge is -2.11. The molecule has 1 rings (SSSR count).